The third-order valence-corrected chi connectivity index (χ3v) is 2.56. The van der Waals surface area contributed by atoms with Gasteiger partial charge in [0.15, 0.2) is 0 Å². The van der Waals surface area contributed by atoms with Crippen LogP contribution in [0.4, 0.5) is 0 Å². The molecule has 2 rings (SSSR count). The minimum absolute atomic E-state index is 0.186. The molecule has 1 aliphatic heterocycles. The standard InChI is InChI=1S/C12H14N2O2/c13-7-10-4-5-12(14-8-10)16-9-11-3-1-2-6-15-11/h4-5,8,11H,1-3,6,9H2/t11-/m1/s1. The molecule has 1 saturated heterocycles. The summed E-state index contributed by atoms with van der Waals surface area (Å²) in [5.74, 6) is 0.549. The molecule has 0 amide bonds. The summed E-state index contributed by atoms with van der Waals surface area (Å²) >= 11 is 0. The molecule has 0 aromatic carbocycles. The van der Waals surface area contributed by atoms with E-state index in [1.54, 1.807) is 12.1 Å². The summed E-state index contributed by atoms with van der Waals surface area (Å²) in [4.78, 5) is 4.03. The second kappa shape index (κ2) is 5.47. The van der Waals surface area contributed by atoms with Crippen molar-refractivity contribution in [1.82, 2.24) is 4.98 Å². The van der Waals surface area contributed by atoms with Gasteiger partial charge in [0, 0.05) is 18.9 Å². The van der Waals surface area contributed by atoms with Gasteiger partial charge >= 0.3 is 0 Å². The summed E-state index contributed by atoms with van der Waals surface area (Å²) in [6.45, 7) is 1.37. The average Bonchev–Trinajstić information content (AvgIpc) is 2.38. The lowest BCUT2D eigenvalue weighted by molar-refractivity contribution is -0.0119. The highest BCUT2D eigenvalue weighted by Gasteiger charge is 2.14. The fourth-order valence-electron chi connectivity index (χ4n) is 1.65. The third kappa shape index (κ3) is 2.94. The van der Waals surface area contributed by atoms with E-state index < -0.39 is 0 Å². The Morgan fingerprint density at radius 2 is 2.44 bits per heavy atom. The van der Waals surface area contributed by atoms with E-state index in [1.807, 2.05) is 6.07 Å². The average molecular weight is 218 g/mol. The van der Waals surface area contributed by atoms with Crippen molar-refractivity contribution in [3.63, 3.8) is 0 Å². The second-order valence-electron chi connectivity index (χ2n) is 3.80. The Balaban J connectivity index is 1.82. The number of nitriles is 1. The summed E-state index contributed by atoms with van der Waals surface area (Å²) in [5, 5.41) is 8.61. The highest BCUT2D eigenvalue weighted by molar-refractivity contribution is 5.28. The molecule has 84 valence electrons. The van der Waals surface area contributed by atoms with E-state index in [0.29, 0.717) is 18.1 Å². The SMILES string of the molecule is N#Cc1ccc(OC[C@H]2CCCCO2)nc1. The zero-order valence-corrected chi connectivity index (χ0v) is 9.06. The van der Waals surface area contributed by atoms with Gasteiger partial charge in [-0.1, -0.05) is 0 Å². The van der Waals surface area contributed by atoms with E-state index in [9.17, 15) is 0 Å². The zero-order valence-electron chi connectivity index (χ0n) is 9.06. The quantitative estimate of drug-likeness (QED) is 0.777. The van der Waals surface area contributed by atoms with Crippen LogP contribution in [0.15, 0.2) is 18.3 Å². The van der Waals surface area contributed by atoms with E-state index in [2.05, 4.69) is 4.98 Å². The van der Waals surface area contributed by atoms with Crippen LogP contribution in [0.5, 0.6) is 5.88 Å². The highest BCUT2D eigenvalue weighted by Crippen LogP contribution is 2.14. The van der Waals surface area contributed by atoms with Crippen molar-refractivity contribution in [3.8, 4) is 11.9 Å². The molecule has 0 saturated carbocycles. The molecule has 1 aliphatic rings. The van der Waals surface area contributed by atoms with E-state index in [-0.39, 0.29) is 6.10 Å². The smallest absolute Gasteiger partial charge is 0.213 e. The van der Waals surface area contributed by atoms with Gasteiger partial charge in [-0.15, -0.1) is 0 Å². The molecule has 0 spiro atoms. The van der Waals surface area contributed by atoms with Crippen LogP contribution in [0.1, 0.15) is 24.8 Å². The molecule has 4 nitrogen and oxygen atoms in total. The molecule has 1 fully saturated rings. The Bertz CT molecular complexity index is 364. The molecule has 0 aliphatic carbocycles. The molecule has 0 radical (unpaired) electrons. The summed E-state index contributed by atoms with van der Waals surface area (Å²) in [6.07, 6.45) is 5.10. The lowest BCUT2D eigenvalue weighted by atomic mass is 10.1. The Hall–Kier alpha value is -1.60. The van der Waals surface area contributed by atoms with Crippen molar-refractivity contribution in [2.45, 2.75) is 25.4 Å². The molecule has 16 heavy (non-hydrogen) atoms. The molecule has 2 heterocycles. The van der Waals surface area contributed by atoms with Crippen molar-refractivity contribution in [2.24, 2.45) is 0 Å². The maximum Gasteiger partial charge on any atom is 0.213 e. The van der Waals surface area contributed by atoms with Crippen LogP contribution < -0.4 is 4.74 Å². The molecule has 0 unspecified atom stereocenters. The maximum atomic E-state index is 8.61. The van der Waals surface area contributed by atoms with Gasteiger partial charge in [0.1, 0.15) is 12.7 Å². The van der Waals surface area contributed by atoms with Crippen LogP contribution in [0.3, 0.4) is 0 Å². The van der Waals surface area contributed by atoms with Crippen LogP contribution >= 0.6 is 0 Å². The van der Waals surface area contributed by atoms with Crippen LogP contribution in [0, 0.1) is 11.3 Å². The first-order valence-electron chi connectivity index (χ1n) is 5.49. The van der Waals surface area contributed by atoms with Crippen molar-refractivity contribution in [3.05, 3.63) is 23.9 Å². The normalized spacial score (nSPS) is 20.1. The molecule has 4 heteroatoms. The molecule has 1 aromatic rings. The number of pyridine rings is 1. The van der Waals surface area contributed by atoms with Crippen LogP contribution in [-0.4, -0.2) is 24.3 Å². The first-order chi connectivity index (χ1) is 7.88. The monoisotopic (exact) mass is 218 g/mol. The first-order valence-corrected chi connectivity index (χ1v) is 5.49. The lowest BCUT2D eigenvalue weighted by Crippen LogP contribution is -2.25. The van der Waals surface area contributed by atoms with E-state index in [1.165, 1.54) is 12.6 Å². The number of ether oxygens (including phenoxy) is 2. The number of hydrogen-bond donors (Lipinski definition) is 0. The fourth-order valence-corrected chi connectivity index (χ4v) is 1.65. The number of rotatable bonds is 3. The van der Waals surface area contributed by atoms with Crippen molar-refractivity contribution < 1.29 is 9.47 Å². The number of aromatic nitrogens is 1. The van der Waals surface area contributed by atoms with E-state index >= 15 is 0 Å². The minimum Gasteiger partial charge on any atom is -0.475 e. The summed E-state index contributed by atoms with van der Waals surface area (Å²) in [5.41, 5.74) is 0.543. The lowest BCUT2D eigenvalue weighted by Gasteiger charge is -2.22. The molecule has 0 N–H and O–H groups in total. The van der Waals surface area contributed by atoms with Gasteiger partial charge in [-0.3, -0.25) is 0 Å². The van der Waals surface area contributed by atoms with Gasteiger partial charge in [0.25, 0.3) is 0 Å². The van der Waals surface area contributed by atoms with Gasteiger partial charge in [-0.05, 0) is 25.3 Å². The zero-order chi connectivity index (χ0) is 11.2. The van der Waals surface area contributed by atoms with Crippen LogP contribution in [0.2, 0.25) is 0 Å². The molecular weight excluding hydrogens is 204 g/mol. The Morgan fingerprint density at radius 1 is 1.50 bits per heavy atom. The van der Waals surface area contributed by atoms with Crippen molar-refractivity contribution in [2.75, 3.05) is 13.2 Å². The molecule has 0 bridgehead atoms. The highest BCUT2D eigenvalue weighted by atomic mass is 16.5. The summed E-state index contributed by atoms with van der Waals surface area (Å²) in [7, 11) is 0. The van der Waals surface area contributed by atoms with Gasteiger partial charge < -0.3 is 9.47 Å². The molecule has 1 aromatic heterocycles. The predicted molar refractivity (Wildman–Crippen MR) is 58.0 cm³/mol. The maximum absolute atomic E-state index is 8.61. The van der Waals surface area contributed by atoms with Crippen molar-refractivity contribution >= 4 is 0 Å². The Kier molecular flexibility index (Phi) is 3.73. The predicted octanol–water partition coefficient (Wildman–Crippen LogP) is 1.90. The van der Waals surface area contributed by atoms with Gasteiger partial charge in [0.05, 0.1) is 11.7 Å². The first kappa shape index (κ1) is 10.9. The second-order valence-corrected chi connectivity index (χ2v) is 3.80. The third-order valence-electron chi connectivity index (χ3n) is 2.56. The number of hydrogen-bond acceptors (Lipinski definition) is 4. The largest absolute Gasteiger partial charge is 0.475 e. The van der Waals surface area contributed by atoms with Gasteiger partial charge in [-0.2, -0.15) is 5.26 Å². The topological polar surface area (TPSA) is 55.1 Å². The fraction of sp³-hybridized carbons (Fsp3) is 0.500. The van der Waals surface area contributed by atoms with E-state index in [4.69, 9.17) is 14.7 Å². The molecular formula is C12H14N2O2. The number of nitrogens with zero attached hydrogens (tertiary/aromatic N) is 2. The van der Waals surface area contributed by atoms with E-state index in [0.717, 1.165) is 19.4 Å². The van der Waals surface area contributed by atoms with Crippen LogP contribution in [-0.2, 0) is 4.74 Å². The minimum atomic E-state index is 0.186. The summed E-state index contributed by atoms with van der Waals surface area (Å²) in [6, 6.07) is 5.43. The van der Waals surface area contributed by atoms with Crippen LogP contribution in [0.25, 0.3) is 0 Å². The molecule has 1 atom stereocenters. The Morgan fingerprint density at radius 3 is 3.06 bits per heavy atom. The Labute approximate surface area is 94.8 Å². The van der Waals surface area contributed by atoms with Crippen molar-refractivity contribution in [1.29, 1.82) is 5.26 Å². The summed E-state index contributed by atoms with van der Waals surface area (Å²) < 4.78 is 11.0. The van der Waals surface area contributed by atoms with Gasteiger partial charge in [-0.25, -0.2) is 4.98 Å². The van der Waals surface area contributed by atoms with Gasteiger partial charge in [0.2, 0.25) is 5.88 Å².